The minimum Gasteiger partial charge on any atom is -0.497 e. The molecule has 1 amide bonds. The lowest BCUT2D eigenvalue weighted by molar-refractivity contribution is -0.0194. The topological polar surface area (TPSA) is 122 Å². The van der Waals surface area contributed by atoms with E-state index in [1.165, 1.54) is 0 Å². The molecule has 0 radical (unpaired) electrons. The van der Waals surface area contributed by atoms with Crippen molar-refractivity contribution in [2.24, 2.45) is 0 Å². The van der Waals surface area contributed by atoms with E-state index in [0.29, 0.717) is 68.5 Å². The maximum absolute atomic E-state index is 12.7. The monoisotopic (exact) mass is 861 g/mol. The number of nitrogens with one attached hydrogen (secondary N) is 1. The molecule has 330 valence electrons. The predicted octanol–water partition coefficient (Wildman–Crippen LogP) is 10.6. The minimum absolute atomic E-state index is 0.00322. The van der Waals surface area contributed by atoms with Crippen LogP contribution in [0, 0.1) is 0 Å². The second-order valence-electron chi connectivity index (χ2n) is 15.6. The lowest BCUT2D eigenvalue weighted by Gasteiger charge is -2.32. The highest BCUT2D eigenvalue weighted by molar-refractivity contribution is 6.60. The van der Waals surface area contributed by atoms with Crippen LogP contribution >= 0.6 is 0 Å². The van der Waals surface area contributed by atoms with Crippen LogP contribution in [0.15, 0.2) is 127 Å². The normalized spacial score (nSPS) is 13.9. The minimum atomic E-state index is -2.79. The van der Waals surface area contributed by atoms with E-state index < -0.39 is 32.0 Å². The van der Waals surface area contributed by atoms with Crippen LogP contribution in [-0.4, -0.2) is 65.9 Å². The van der Waals surface area contributed by atoms with Crippen molar-refractivity contribution >= 4 is 20.7 Å². The maximum atomic E-state index is 12.7. The number of hydrogen-bond acceptors (Lipinski definition) is 9. The van der Waals surface area contributed by atoms with Gasteiger partial charge in [0.2, 0.25) is 6.29 Å². The Morgan fingerprint density at radius 3 is 1.69 bits per heavy atom. The number of benzene rings is 5. The van der Waals surface area contributed by atoms with E-state index >= 15 is 0 Å². The molecule has 3 unspecified atom stereocenters. The van der Waals surface area contributed by atoms with Crippen molar-refractivity contribution in [1.29, 1.82) is 0 Å². The second kappa shape index (κ2) is 22.7. The molecule has 11 heteroatoms. The smallest absolute Gasteiger partial charge is 0.497 e. The molecule has 5 aromatic rings. The first kappa shape index (κ1) is 47.7. The molecule has 0 bridgehead atoms. The second-order valence-corrected chi connectivity index (χ2v) is 18.3. The van der Waals surface area contributed by atoms with Gasteiger partial charge in [0.05, 0.1) is 13.7 Å². The summed E-state index contributed by atoms with van der Waals surface area (Å²) in [6.07, 6.45) is 0.196. The molecule has 0 aromatic heterocycles. The van der Waals surface area contributed by atoms with Crippen molar-refractivity contribution in [2.75, 3.05) is 40.1 Å². The highest BCUT2D eigenvalue weighted by atomic mass is 28.4. The molecule has 0 aliphatic carbocycles. The Hall–Kier alpha value is -5.30. The number of Topliss-reactive ketones (excluding diaryl/α,β-unsaturated/α-hetero) is 1. The summed E-state index contributed by atoms with van der Waals surface area (Å²) in [5.41, 5.74) is 5.65. The van der Waals surface area contributed by atoms with Gasteiger partial charge < -0.3 is 37.9 Å². The Morgan fingerprint density at radius 2 is 1.16 bits per heavy atom. The summed E-state index contributed by atoms with van der Waals surface area (Å²) in [6, 6.07) is 42.3. The fourth-order valence-corrected chi connectivity index (χ4v) is 10.6. The fourth-order valence-electron chi connectivity index (χ4n) is 7.94. The van der Waals surface area contributed by atoms with E-state index in [9.17, 15) is 14.7 Å². The van der Waals surface area contributed by atoms with E-state index in [2.05, 4.69) is 43.4 Å². The number of aliphatic hydroxyl groups excluding tert-OH is 1. The third-order valence-corrected chi connectivity index (χ3v) is 14.7. The molecule has 0 spiro atoms. The Bertz CT molecular complexity index is 2110. The van der Waals surface area contributed by atoms with Gasteiger partial charge in [-0.1, -0.05) is 110 Å². The summed E-state index contributed by atoms with van der Waals surface area (Å²) in [6.45, 7) is 13.8. The molecule has 0 fully saturated rings. The molecule has 3 atom stereocenters. The molecular weight excluding hydrogens is 799 g/mol. The average Bonchev–Trinajstić information content (AvgIpc) is 3.30. The Balaban J connectivity index is 1.24. The molecule has 0 heterocycles. The van der Waals surface area contributed by atoms with Gasteiger partial charge in [0.1, 0.15) is 11.5 Å². The van der Waals surface area contributed by atoms with E-state index in [1.807, 2.05) is 124 Å². The first-order valence-electron chi connectivity index (χ1n) is 21.6. The molecule has 0 aliphatic heterocycles. The number of aliphatic hydroxyl groups is 1. The molecule has 0 saturated carbocycles. The number of methoxy groups -OCH3 is 1. The van der Waals surface area contributed by atoms with Gasteiger partial charge in [-0.3, -0.25) is 4.79 Å². The van der Waals surface area contributed by atoms with Crippen LogP contribution in [0.25, 0.3) is 0 Å². The average molecular weight is 862 g/mol. The summed E-state index contributed by atoms with van der Waals surface area (Å²) < 4.78 is 34.8. The quantitative estimate of drug-likeness (QED) is 0.0205. The van der Waals surface area contributed by atoms with Crippen LogP contribution in [0.1, 0.15) is 111 Å². The van der Waals surface area contributed by atoms with Gasteiger partial charge in [0.15, 0.2) is 5.78 Å². The molecule has 0 saturated heterocycles. The van der Waals surface area contributed by atoms with Gasteiger partial charge in [-0.05, 0) is 106 Å². The standard InChI is InChI=1S/C51H63NO9Si/c1-8-58-62(59-9-2,60-10-3)37-15-35-52-49(55)57-36-14-34-50(5,41-22-18-39(19-23-41)38(4)53)42-26-32-47(33-27-42)61-48(54)40-20-24-44(25-21-40)51(6,43-16-12-11-13-17-43)45-28-30-46(56-7)31-29-45/h11-13,16-33,48,54H,8-10,14-15,34-37H2,1-7H3,(H,52,55). The number of ether oxygens (including phenoxy) is 3. The van der Waals surface area contributed by atoms with Crippen molar-refractivity contribution in [3.63, 3.8) is 0 Å². The van der Waals surface area contributed by atoms with Crippen LogP contribution in [0.5, 0.6) is 11.5 Å². The summed E-state index contributed by atoms with van der Waals surface area (Å²) in [5, 5.41) is 14.1. The lowest BCUT2D eigenvalue weighted by Crippen LogP contribution is -2.46. The van der Waals surface area contributed by atoms with Crippen LogP contribution in [0.2, 0.25) is 6.04 Å². The van der Waals surface area contributed by atoms with E-state index in [1.54, 1.807) is 14.0 Å². The summed E-state index contributed by atoms with van der Waals surface area (Å²) in [4.78, 5) is 24.7. The Morgan fingerprint density at radius 1 is 0.661 bits per heavy atom. The molecule has 0 aliphatic rings. The van der Waals surface area contributed by atoms with Gasteiger partial charge in [0, 0.05) is 54.4 Å². The maximum Gasteiger partial charge on any atom is 0.500 e. The number of amides is 1. The van der Waals surface area contributed by atoms with E-state index in [0.717, 1.165) is 33.6 Å². The van der Waals surface area contributed by atoms with E-state index in [-0.39, 0.29) is 12.4 Å². The van der Waals surface area contributed by atoms with Crippen molar-refractivity contribution in [3.8, 4) is 11.5 Å². The zero-order valence-corrected chi connectivity index (χ0v) is 38.3. The largest absolute Gasteiger partial charge is 0.500 e. The molecule has 5 aromatic carbocycles. The van der Waals surface area contributed by atoms with Crippen molar-refractivity contribution in [1.82, 2.24) is 5.32 Å². The number of rotatable bonds is 24. The highest BCUT2D eigenvalue weighted by Crippen LogP contribution is 2.41. The van der Waals surface area contributed by atoms with Gasteiger partial charge in [-0.25, -0.2) is 4.79 Å². The number of alkyl carbamates (subject to hydrolysis) is 1. The third kappa shape index (κ3) is 12.0. The van der Waals surface area contributed by atoms with Crippen LogP contribution in [-0.2, 0) is 28.8 Å². The number of hydrogen-bond donors (Lipinski definition) is 2. The molecule has 62 heavy (non-hydrogen) atoms. The van der Waals surface area contributed by atoms with Crippen LogP contribution < -0.4 is 14.8 Å². The van der Waals surface area contributed by atoms with Crippen molar-refractivity contribution < 1.29 is 42.2 Å². The lowest BCUT2D eigenvalue weighted by atomic mass is 9.71. The number of carbonyl (C=O) groups is 2. The first-order valence-corrected chi connectivity index (χ1v) is 23.5. The summed E-state index contributed by atoms with van der Waals surface area (Å²) >= 11 is 0. The fraction of sp³-hybridized carbons (Fsp3) is 0.373. The van der Waals surface area contributed by atoms with Gasteiger partial charge in [-0.2, -0.15) is 0 Å². The van der Waals surface area contributed by atoms with Crippen LogP contribution in [0.4, 0.5) is 4.79 Å². The molecule has 5 rings (SSSR count). The molecular formula is C51H63NO9Si. The van der Waals surface area contributed by atoms with Gasteiger partial charge in [0.25, 0.3) is 0 Å². The van der Waals surface area contributed by atoms with Crippen molar-refractivity contribution in [3.05, 3.63) is 166 Å². The zero-order valence-electron chi connectivity index (χ0n) is 37.3. The van der Waals surface area contributed by atoms with E-state index in [4.69, 9.17) is 27.5 Å². The molecule has 2 N–H and O–H groups in total. The number of ketones is 1. The first-order chi connectivity index (χ1) is 29.9. The summed E-state index contributed by atoms with van der Waals surface area (Å²) in [5.74, 6) is 1.30. The third-order valence-electron chi connectivity index (χ3n) is 11.5. The zero-order chi connectivity index (χ0) is 44.6. The predicted molar refractivity (Wildman–Crippen MR) is 245 cm³/mol. The Labute approximate surface area is 368 Å². The molecule has 10 nitrogen and oxygen atoms in total. The Kier molecular flexibility index (Phi) is 17.5. The summed E-state index contributed by atoms with van der Waals surface area (Å²) in [7, 11) is -1.12. The van der Waals surface area contributed by atoms with Gasteiger partial charge >= 0.3 is 14.9 Å². The highest BCUT2D eigenvalue weighted by Gasteiger charge is 2.39. The van der Waals surface area contributed by atoms with Crippen LogP contribution in [0.3, 0.4) is 0 Å². The van der Waals surface area contributed by atoms with Crippen molar-refractivity contribution in [2.45, 2.75) is 84.0 Å². The number of carbonyl (C=O) groups excluding carboxylic acids is 2. The SMILES string of the molecule is CCO[Si](CCCNC(=O)OCCCC(C)(c1ccc(OC(O)c2ccc(C(C)(c3ccccc3)c3ccc(OC)cc3)cc2)cc1)c1ccc(C(C)=O)cc1)(OCC)OCC. The van der Waals surface area contributed by atoms with Gasteiger partial charge in [-0.15, -0.1) is 0 Å².